The number of ether oxygens (including phenoxy) is 2. The van der Waals surface area contributed by atoms with E-state index in [4.69, 9.17) is 14.5 Å². The van der Waals surface area contributed by atoms with Gasteiger partial charge in [-0.15, -0.1) is 0 Å². The van der Waals surface area contributed by atoms with Crippen molar-refractivity contribution in [1.29, 1.82) is 0 Å². The maximum Gasteiger partial charge on any atom is 0.356 e. The topological polar surface area (TPSA) is 61.3 Å². The molecule has 0 unspecified atom stereocenters. The third kappa shape index (κ3) is 4.12. The van der Waals surface area contributed by atoms with E-state index in [9.17, 15) is 4.79 Å². The lowest BCUT2D eigenvalue weighted by molar-refractivity contribution is 0.0594. The molecular weight excluding hydrogens is 432 g/mol. The minimum absolute atomic E-state index is 0.238. The van der Waals surface area contributed by atoms with Crippen LogP contribution in [0.3, 0.4) is 0 Å². The fourth-order valence-corrected chi connectivity index (χ4v) is 3.38. The van der Waals surface area contributed by atoms with Crippen molar-refractivity contribution in [2.45, 2.75) is 6.61 Å². The highest BCUT2D eigenvalue weighted by molar-refractivity contribution is 9.10. The lowest BCUT2D eigenvalue weighted by atomic mass is 10.1. The number of hydrogen-bond acceptors (Lipinski definition) is 5. The molecule has 0 aliphatic heterocycles. The van der Waals surface area contributed by atoms with Crippen LogP contribution in [0.25, 0.3) is 22.3 Å². The standard InChI is InChI=1S/C23H17BrN2O3/c1-28-23(27)20-9-5-8-18(25-20)19-13-11-16-10-12-17(24)22(21(16)26-19)29-14-15-6-3-2-4-7-15/h2-13H,14H2,1H3. The number of pyridine rings is 2. The van der Waals surface area contributed by atoms with Crippen molar-refractivity contribution in [3.8, 4) is 17.1 Å². The van der Waals surface area contributed by atoms with E-state index in [-0.39, 0.29) is 5.69 Å². The second kappa shape index (κ2) is 8.41. The Balaban J connectivity index is 1.74. The Labute approximate surface area is 176 Å². The maximum atomic E-state index is 11.8. The first-order chi connectivity index (χ1) is 14.2. The zero-order chi connectivity index (χ0) is 20.2. The number of methoxy groups -OCH3 is 1. The number of carbonyl (C=O) groups excluding carboxylic acids is 1. The smallest absolute Gasteiger partial charge is 0.356 e. The van der Waals surface area contributed by atoms with Gasteiger partial charge in [0.1, 0.15) is 17.8 Å². The van der Waals surface area contributed by atoms with Crippen LogP contribution in [-0.2, 0) is 11.3 Å². The Kier molecular flexibility index (Phi) is 5.53. The first-order valence-corrected chi connectivity index (χ1v) is 9.77. The van der Waals surface area contributed by atoms with Gasteiger partial charge in [0, 0.05) is 5.39 Å². The second-order valence-corrected chi connectivity index (χ2v) is 7.17. The van der Waals surface area contributed by atoms with Crippen molar-refractivity contribution in [2.24, 2.45) is 0 Å². The van der Waals surface area contributed by atoms with Gasteiger partial charge in [-0.3, -0.25) is 0 Å². The van der Waals surface area contributed by atoms with Crippen LogP contribution in [0.5, 0.6) is 5.75 Å². The van der Waals surface area contributed by atoms with Gasteiger partial charge in [0.05, 0.1) is 23.0 Å². The van der Waals surface area contributed by atoms with E-state index in [0.717, 1.165) is 20.9 Å². The Morgan fingerprint density at radius 1 is 0.897 bits per heavy atom. The Morgan fingerprint density at radius 2 is 1.66 bits per heavy atom. The van der Waals surface area contributed by atoms with Crippen molar-refractivity contribution in [3.05, 3.63) is 88.5 Å². The van der Waals surface area contributed by atoms with Crippen molar-refractivity contribution < 1.29 is 14.3 Å². The summed E-state index contributed by atoms with van der Waals surface area (Å²) in [5.74, 6) is 0.180. The van der Waals surface area contributed by atoms with Crippen LogP contribution in [-0.4, -0.2) is 23.0 Å². The highest BCUT2D eigenvalue weighted by Crippen LogP contribution is 2.34. The summed E-state index contributed by atoms with van der Waals surface area (Å²) in [5, 5.41) is 0.948. The predicted molar refractivity (Wildman–Crippen MR) is 115 cm³/mol. The average Bonchev–Trinajstić information content (AvgIpc) is 2.78. The molecular formula is C23H17BrN2O3. The summed E-state index contributed by atoms with van der Waals surface area (Å²) >= 11 is 3.57. The lowest BCUT2D eigenvalue weighted by Gasteiger charge is -2.12. The molecule has 0 amide bonds. The number of rotatable bonds is 5. The molecule has 5 nitrogen and oxygen atoms in total. The SMILES string of the molecule is COC(=O)c1cccc(-c2ccc3ccc(Br)c(OCc4ccccc4)c3n2)n1. The summed E-state index contributed by atoms with van der Waals surface area (Å²) in [4.78, 5) is 20.9. The minimum atomic E-state index is -0.484. The summed E-state index contributed by atoms with van der Waals surface area (Å²) in [6, 6.07) is 22.9. The predicted octanol–water partition coefficient (Wildman–Crippen LogP) is 5.42. The molecule has 144 valence electrons. The van der Waals surface area contributed by atoms with E-state index in [2.05, 4.69) is 20.9 Å². The summed E-state index contributed by atoms with van der Waals surface area (Å²) < 4.78 is 11.7. The van der Waals surface area contributed by atoms with E-state index >= 15 is 0 Å². The molecule has 4 rings (SSSR count). The van der Waals surface area contributed by atoms with E-state index in [0.29, 0.717) is 23.7 Å². The van der Waals surface area contributed by atoms with Gasteiger partial charge in [-0.25, -0.2) is 14.8 Å². The Morgan fingerprint density at radius 3 is 2.45 bits per heavy atom. The largest absolute Gasteiger partial charge is 0.485 e. The van der Waals surface area contributed by atoms with Crippen LogP contribution in [0.4, 0.5) is 0 Å². The van der Waals surface area contributed by atoms with E-state index in [1.165, 1.54) is 7.11 Å². The van der Waals surface area contributed by atoms with Crippen molar-refractivity contribution in [3.63, 3.8) is 0 Å². The first-order valence-electron chi connectivity index (χ1n) is 8.97. The van der Waals surface area contributed by atoms with Gasteiger partial charge in [-0.05, 0) is 45.8 Å². The second-order valence-electron chi connectivity index (χ2n) is 6.32. The quantitative estimate of drug-likeness (QED) is 0.381. The van der Waals surface area contributed by atoms with Gasteiger partial charge >= 0.3 is 5.97 Å². The Bertz CT molecular complexity index is 1180. The van der Waals surface area contributed by atoms with Crippen molar-refractivity contribution in [1.82, 2.24) is 9.97 Å². The molecule has 0 spiro atoms. The molecule has 0 saturated heterocycles. The van der Waals surface area contributed by atoms with Crippen LogP contribution in [0.2, 0.25) is 0 Å². The van der Waals surface area contributed by atoms with Gasteiger partial charge in [-0.2, -0.15) is 0 Å². The third-order valence-electron chi connectivity index (χ3n) is 4.40. The fourth-order valence-electron chi connectivity index (χ4n) is 2.94. The normalized spacial score (nSPS) is 10.7. The zero-order valence-corrected chi connectivity index (χ0v) is 17.2. The summed E-state index contributed by atoms with van der Waals surface area (Å²) in [6.45, 7) is 0.431. The number of hydrogen-bond donors (Lipinski definition) is 0. The third-order valence-corrected chi connectivity index (χ3v) is 5.02. The number of fused-ring (bicyclic) bond motifs is 1. The van der Waals surface area contributed by atoms with Crippen LogP contribution >= 0.6 is 15.9 Å². The fraction of sp³-hybridized carbons (Fsp3) is 0.0870. The minimum Gasteiger partial charge on any atom is -0.485 e. The highest BCUT2D eigenvalue weighted by atomic mass is 79.9. The lowest BCUT2D eigenvalue weighted by Crippen LogP contribution is -2.04. The van der Waals surface area contributed by atoms with Gasteiger partial charge in [-0.1, -0.05) is 48.5 Å². The molecule has 0 aliphatic rings. The number of aromatic nitrogens is 2. The number of esters is 1. The summed E-state index contributed by atoms with van der Waals surface area (Å²) in [5.41, 5.74) is 3.26. The number of carbonyl (C=O) groups is 1. The van der Waals surface area contributed by atoms with Crippen molar-refractivity contribution in [2.75, 3.05) is 7.11 Å². The molecule has 0 fully saturated rings. The van der Waals surface area contributed by atoms with E-state index in [1.807, 2.05) is 60.7 Å². The molecule has 29 heavy (non-hydrogen) atoms. The van der Waals surface area contributed by atoms with Crippen LogP contribution in [0, 0.1) is 0 Å². The van der Waals surface area contributed by atoms with Gasteiger partial charge in [0.15, 0.2) is 5.75 Å². The molecule has 4 aromatic rings. The monoisotopic (exact) mass is 448 g/mol. The van der Waals surface area contributed by atoms with Crippen LogP contribution < -0.4 is 4.74 Å². The number of halogens is 1. The zero-order valence-electron chi connectivity index (χ0n) is 15.6. The Hall–Kier alpha value is -3.25. The molecule has 0 bridgehead atoms. The van der Waals surface area contributed by atoms with Crippen molar-refractivity contribution >= 4 is 32.8 Å². The molecule has 0 N–H and O–H groups in total. The molecule has 2 aromatic heterocycles. The van der Waals surface area contributed by atoms with Gasteiger partial charge in [0.2, 0.25) is 0 Å². The van der Waals surface area contributed by atoms with E-state index in [1.54, 1.807) is 12.1 Å². The van der Waals surface area contributed by atoms with E-state index < -0.39 is 5.97 Å². The van der Waals surface area contributed by atoms with Gasteiger partial charge < -0.3 is 9.47 Å². The van der Waals surface area contributed by atoms with Gasteiger partial charge in [0.25, 0.3) is 0 Å². The highest BCUT2D eigenvalue weighted by Gasteiger charge is 2.13. The summed E-state index contributed by atoms with van der Waals surface area (Å²) in [7, 11) is 1.33. The maximum absolute atomic E-state index is 11.8. The molecule has 2 heterocycles. The molecule has 6 heteroatoms. The summed E-state index contributed by atoms with van der Waals surface area (Å²) in [6.07, 6.45) is 0. The molecule has 0 radical (unpaired) electrons. The molecule has 2 aromatic carbocycles. The van der Waals surface area contributed by atoms with Crippen LogP contribution in [0.15, 0.2) is 77.3 Å². The molecule has 0 atom stereocenters. The van der Waals surface area contributed by atoms with Crippen LogP contribution in [0.1, 0.15) is 16.1 Å². The molecule has 0 aliphatic carbocycles. The first kappa shape index (κ1) is 19.1. The molecule has 0 saturated carbocycles. The number of nitrogens with zero attached hydrogens (tertiary/aromatic N) is 2. The average molecular weight is 449 g/mol. The number of benzene rings is 2.